The van der Waals surface area contributed by atoms with Crippen molar-refractivity contribution in [1.82, 2.24) is 0 Å². The largest absolute Gasteiger partial charge is 0.497 e. The molecule has 1 aliphatic carbocycles. The Labute approximate surface area is 200 Å². The second-order valence-corrected chi connectivity index (χ2v) is 9.14. The number of hydrogen-bond donors (Lipinski definition) is 0. The molecule has 3 aromatic carbocycles. The van der Waals surface area contributed by atoms with Gasteiger partial charge in [0.15, 0.2) is 0 Å². The van der Waals surface area contributed by atoms with Crippen LogP contribution in [0.5, 0.6) is 17.2 Å². The monoisotopic (exact) mass is 458 g/mol. The van der Waals surface area contributed by atoms with E-state index in [0.29, 0.717) is 13.0 Å². The van der Waals surface area contributed by atoms with Gasteiger partial charge < -0.3 is 18.9 Å². The van der Waals surface area contributed by atoms with Crippen LogP contribution in [0.1, 0.15) is 52.7 Å². The summed E-state index contributed by atoms with van der Waals surface area (Å²) in [5, 5.41) is 0. The highest BCUT2D eigenvalue weighted by Gasteiger charge is 2.30. The van der Waals surface area contributed by atoms with Gasteiger partial charge in [0, 0.05) is 17.5 Å². The first-order valence-electron chi connectivity index (χ1n) is 11.8. The fourth-order valence-electron chi connectivity index (χ4n) is 5.39. The van der Waals surface area contributed by atoms with Gasteiger partial charge in [-0.05, 0) is 78.3 Å². The molecule has 0 N–H and O–H groups in total. The first-order valence-corrected chi connectivity index (χ1v) is 11.8. The molecule has 176 valence electrons. The van der Waals surface area contributed by atoms with E-state index in [-0.39, 0.29) is 18.0 Å². The summed E-state index contributed by atoms with van der Waals surface area (Å²) in [5.74, 6) is 2.28. The summed E-state index contributed by atoms with van der Waals surface area (Å²) in [4.78, 5) is 11.7. The van der Waals surface area contributed by atoms with E-state index in [9.17, 15) is 4.79 Å². The molecule has 5 rings (SSSR count). The van der Waals surface area contributed by atoms with E-state index in [4.69, 9.17) is 18.9 Å². The molecule has 0 spiro atoms. The van der Waals surface area contributed by atoms with Crippen molar-refractivity contribution in [2.75, 3.05) is 20.8 Å². The van der Waals surface area contributed by atoms with Crippen molar-refractivity contribution in [3.8, 4) is 28.4 Å². The van der Waals surface area contributed by atoms with Gasteiger partial charge in [-0.15, -0.1) is 0 Å². The first kappa shape index (κ1) is 22.3. The van der Waals surface area contributed by atoms with Crippen LogP contribution < -0.4 is 14.2 Å². The van der Waals surface area contributed by atoms with Crippen molar-refractivity contribution in [1.29, 1.82) is 0 Å². The third kappa shape index (κ3) is 4.00. The average molecular weight is 459 g/mol. The molecule has 3 aromatic rings. The van der Waals surface area contributed by atoms with Gasteiger partial charge >= 0.3 is 5.97 Å². The number of carbonyl (C=O) groups excluding carboxylic acids is 1. The lowest BCUT2D eigenvalue weighted by Gasteiger charge is -2.18. The number of methoxy groups -OCH3 is 2. The van der Waals surface area contributed by atoms with Gasteiger partial charge in [-0.25, -0.2) is 0 Å². The maximum absolute atomic E-state index is 11.7. The number of ether oxygens (including phenoxy) is 4. The first-order chi connectivity index (χ1) is 16.5. The summed E-state index contributed by atoms with van der Waals surface area (Å²) in [7, 11) is 3.12. The van der Waals surface area contributed by atoms with Crippen molar-refractivity contribution in [2.45, 2.75) is 45.1 Å². The van der Waals surface area contributed by atoms with E-state index < -0.39 is 0 Å². The molecule has 0 saturated carbocycles. The molecule has 0 radical (unpaired) electrons. The Morgan fingerprint density at radius 1 is 1.00 bits per heavy atom. The predicted octanol–water partition coefficient (Wildman–Crippen LogP) is 6.08. The van der Waals surface area contributed by atoms with E-state index in [0.717, 1.165) is 35.7 Å². The molecule has 0 bridgehead atoms. The van der Waals surface area contributed by atoms with E-state index in [2.05, 4.69) is 44.2 Å². The maximum atomic E-state index is 11.7. The molecule has 1 heterocycles. The number of benzene rings is 3. The van der Waals surface area contributed by atoms with Crippen LogP contribution >= 0.6 is 0 Å². The van der Waals surface area contributed by atoms with Crippen LogP contribution in [-0.4, -0.2) is 26.8 Å². The van der Waals surface area contributed by atoms with E-state index in [1.54, 1.807) is 7.11 Å². The van der Waals surface area contributed by atoms with E-state index in [1.165, 1.54) is 40.5 Å². The van der Waals surface area contributed by atoms with Gasteiger partial charge in [0.2, 0.25) is 0 Å². The normalized spacial score (nSPS) is 18.1. The minimum Gasteiger partial charge on any atom is -0.497 e. The fraction of sp³-hybridized carbons (Fsp3) is 0.345. The number of rotatable bonds is 6. The molecule has 1 aliphatic heterocycles. The van der Waals surface area contributed by atoms with Crippen LogP contribution in [0, 0.1) is 13.8 Å². The molecule has 2 aliphatic rings. The summed E-state index contributed by atoms with van der Waals surface area (Å²) in [6, 6.07) is 16.7. The van der Waals surface area contributed by atoms with Gasteiger partial charge in [0.05, 0.1) is 27.2 Å². The van der Waals surface area contributed by atoms with Crippen LogP contribution in [0.15, 0.2) is 48.5 Å². The second-order valence-electron chi connectivity index (χ2n) is 9.14. The Morgan fingerprint density at radius 3 is 2.53 bits per heavy atom. The molecule has 34 heavy (non-hydrogen) atoms. The lowest BCUT2D eigenvalue weighted by atomic mass is 9.90. The minimum absolute atomic E-state index is 0.000806. The molecule has 0 aromatic heterocycles. The molecule has 0 fully saturated rings. The van der Waals surface area contributed by atoms with Crippen molar-refractivity contribution in [3.05, 3.63) is 76.3 Å². The Morgan fingerprint density at radius 2 is 1.79 bits per heavy atom. The van der Waals surface area contributed by atoms with Gasteiger partial charge in [0.1, 0.15) is 23.4 Å². The van der Waals surface area contributed by atoms with E-state index in [1.807, 2.05) is 18.2 Å². The predicted molar refractivity (Wildman–Crippen MR) is 131 cm³/mol. The molecule has 0 saturated heterocycles. The Kier molecular flexibility index (Phi) is 5.94. The fourth-order valence-corrected chi connectivity index (χ4v) is 5.39. The molecular weight excluding hydrogens is 428 g/mol. The zero-order chi connectivity index (χ0) is 23.8. The van der Waals surface area contributed by atoms with Crippen molar-refractivity contribution in [3.63, 3.8) is 0 Å². The summed E-state index contributed by atoms with van der Waals surface area (Å²) in [6.07, 6.45) is 2.24. The third-order valence-electron chi connectivity index (χ3n) is 7.01. The van der Waals surface area contributed by atoms with Crippen molar-refractivity contribution < 1.29 is 23.7 Å². The summed E-state index contributed by atoms with van der Waals surface area (Å²) in [5.41, 5.74) is 8.64. The lowest BCUT2D eigenvalue weighted by Crippen LogP contribution is -2.09. The van der Waals surface area contributed by atoms with E-state index >= 15 is 0 Å². The lowest BCUT2D eigenvalue weighted by molar-refractivity contribution is -0.141. The quantitative estimate of drug-likeness (QED) is 0.419. The third-order valence-corrected chi connectivity index (χ3v) is 7.01. The van der Waals surface area contributed by atoms with Gasteiger partial charge in [0.25, 0.3) is 0 Å². The zero-order valence-electron chi connectivity index (χ0n) is 20.1. The number of hydrogen-bond acceptors (Lipinski definition) is 5. The molecule has 1 unspecified atom stereocenters. The minimum atomic E-state index is -0.220. The van der Waals surface area contributed by atoms with Gasteiger partial charge in [-0.1, -0.05) is 24.3 Å². The number of esters is 1. The second kappa shape index (κ2) is 9.05. The Bertz CT molecular complexity index is 1220. The van der Waals surface area contributed by atoms with Crippen LogP contribution in [0.25, 0.3) is 11.1 Å². The molecular formula is C29H30O5. The SMILES string of the molecule is COC(=O)CC1COc2cc(O[C@@H]3CCc4c(-c5c(C)cc(OC)cc5C)cccc43)ccc21. The molecule has 5 heteroatoms. The molecule has 2 atom stereocenters. The zero-order valence-corrected chi connectivity index (χ0v) is 20.1. The highest BCUT2D eigenvalue weighted by molar-refractivity contribution is 5.76. The standard InChI is InChI=1S/C29H30O5/c1-17-12-21(31-3)13-18(2)29(17)25-7-5-6-24-23(25)10-11-26(24)34-20-8-9-22-19(14-28(30)32-4)16-33-27(22)15-20/h5-9,12-13,15,19,26H,10-11,14,16H2,1-4H3/t19?,26-/m1/s1. The summed E-state index contributed by atoms with van der Waals surface area (Å²) >= 11 is 0. The Hall–Kier alpha value is -3.47. The number of carbonyl (C=O) groups is 1. The molecule has 0 amide bonds. The highest BCUT2D eigenvalue weighted by atomic mass is 16.5. The van der Waals surface area contributed by atoms with Crippen LogP contribution in [0.4, 0.5) is 0 Å². The van der Waals surface area contributed by atoms with Crippen molar-refractivity contribution >= 4 is 5.97 Å². The van der Waals surface area contributed by atoms with Gasteiger partial charge in [-0.3, -0.25) is 4.79 Å². The Balaban J connectivity index is 1.40. The topological polar surface area (TPSA) is 54.0 Å². The summed E-state index contributed by atoms with van der Waals surface area (Å²) in [6.45, 7) is 4.78. The average Bonchev–Trinajstić information content (AvgIpc) is 3.43. The smallest absolute Gasteiger partial charge is 0.306 e. The summed E-state index contributed by atoms with van der Waals surface area (Å²) < 4.78 is 22.6. The van der Waals surface area contributed by atoms with Crippen LogP contribution in [0.3, 0.4) is 0 Å². The highest BCUT2D eigenvalue weighted by Crippen LogP contribution is 2.44. The van der Waals surface area contributed by atoms with Crippen molar-refractivity contribution in [2.24, 2.45) is 0 Å². The number of fused-ring (bicyclic) bond motifs is 2. The maximum Gasteiger partial charge on any atom is 0.306 e. The van der Waals surface area contributed by atoms with Gasteiger partial charge in [-0.2, -0.15) is 0 Å². The number of aryl methyl sites for hydroxylation is 2. The van der Waals surface area contributed by atoms with Crippen LogP contribution in [0.2, 0.25) is 0 Å². The van der Waals surface area contributed by atoms with Crippen LogP contribution in [-0.2, 0) is 16.0 Å². The molecule has 5 nitrogen and oxygen atoms in total.